The number of methoxy groups -OCH3 is 1. The normalized spacial score (nSPS) is 14.9. The standard InChI is InChI=1S/C17H21O6P/c1-10(7-8-24(19,20)21)5-6-13-11(2)15-14(9-23-17(15)18)12(3)16(13)22-4/h5,7-8H,6,9H2,1-4H3,(H2,19,20,21). The average molecular weight is 352 g/mol. The van der Waals surface area contributed by atoms with Crippen molar-refractivity contribution < 1.29 is 28.6 Å². The Labute approximate surface area is 141 Å². The first kappa shape index (κ1) is 18.5. The third-order valence-corrected chi connectivity index (χ3v) is 4.65. The summed E-state index contributed by atoms with van der Waals surface area (Å²) in [6, 6.07) is 0. The first-order chi connectivity index (χ1) is 11.2. The van der Waals surface area contributed by atoms with Gasteiger partial charge in [-0.2, -0.15) is 0 Å². The van der Waals surface area contributed by atoms with E-state index >= 15 is 0 Å². The van der Waals surface area contributed by atoms with Crippen molar-refractivity contribution in [3.8, 4) is 5.75 Å². The van der Waals surface area contributed by atoms with Gasteiger partial charge in [0.25, 0.3) is 0 Å². The van der Waals surface area contributed by atoms with E-state index in [1.807, 2.05) is 19.9 Å². The van der Waals surface area contributed by atoms with Gasteiger partial charge in [0.2, 0.25) is 0 Å². The van der Waals surface area contributed by atoms with Crippen molar-refractivity contribution in [3.63, 3.8) is 0 Å². The van der Waals surface area contributed by atoms with Crippen molar-refractivity contribution in [2.45, 2.75) is 33.8 Å². The fourth-order valence-electron chi connectivity index (χ4n) is 2.83. The maximum Gasteiger partial charge on any atom is 0.349 e. The minimum Gasteiger partial charge on any atom is -0.496 e. The predicted molar refractivity (Wildman–Crippen MR) is 90.2 cm³/mol. The number of allylic oxidation sites excluding steroid dienone is 3. The number of hydrogen-bond acceptors (Lipinski definition) is 4. The highest BCUT2D eigenvalue weighted by Gasteiger charge is 2.29. The fourth-order valence-corrected chi connectivity index (χ4v) is 3.26. The maximum absolute atomic E-state index is 12.0. The number of hydrogen-bond donors (Lipinski definition) is 2. The molecule has 2 N–H and O–H groups in total. The van der Waals surface area contributed by atoms with Gasteiger partial charge in [-0.1, -0.05) is 17.7 Å². The topological polar surface area (TPSA) is 93.1 Å². The lowest BCUT2D eigenvalue weighted by molar-refractivity contribution is 0.0534. The number of esters is 1. The number of carbonyl (C=O) groups excluding carboxylic acids is 1. The Kier molecular flexibility index (Phi) is 5.33. The zero-order valence-electron chi connectivity index (χ0n) is 14.1. The van der Waals surface area contributed by atoms with Crippen LogP contribution in [0.3, 0.4) is 0 Å². The Balaban J connectivity index is 2.42. The van der Waals surface area contributed by atoms with E-state index in [-0.39, 0.29) is 12.6 Å². The monoisotopic (exact) mass is 352 g/mol. The molecule has 24 heavy (non-hydrogen) atoms. The summed E-state index contributed by atoms with van der Waals surface area (Å²) >= 11 is 0. The second-order valence-electron chi connectivity index (χ2n) is 5.75. The Hall–Kier alpha value is -1.88. The van der Waals surface area contributed by atoms with Gasteiger partial charge in [0.05, 0.1) is 12.7 Å². The quantitative estimate of drug-likeness (QED) is 0.480. The van der Waals surface area contributed by atoms with E-state index < -0.39 is 7.60 Å². The Bertz CT molecular complexity index is 785. The molecule has 130 valence electrons. The predicted octanol–water partition coefficient (Wildman–Crippen LogP) is 3.16. The van der Waals surface area contributed by atoms with Gasteiger partial charge < -0.3 is 19.3 Å². The number of cyclic esters (lactones) is 1. The van der Waals surface area contributed by atoms with Crippen molar-refractivity contribution in [3.05, 3.63) is 51.4 Å². The summed E-state index contributed by atoms with van der Waals surface area (Å²) in [6.07, 6.45) is 3.70. The van der Waals surface area contributed by atoms with Crippen molar-refractivity contribution >= 4 is 13.6 Å². The van der Waals surface area contributed by atoms with Crippen molar-refractivity contribution in [1.82, 2.24) is 0 Å². The van der Waals surface area contributed by atoms with Crippen LogP contribution in [0, 0.1) is 13.8 Å². The number of carbonyl (C=O) groups is 1. The highest BCUT2D eigenvalue weighted by atomic mass is 31.2. The smallest absolute Gasteiger partial charge is 0.349 e. The lowest BCUT2D eigenvalue weighted by atomic mass is 9.91. The van der Waals surface area contributed by atoms with Crippen molar-refractivity contribution in [1.29, 1.82) is 0 Å². The summed E-state index contributed by atoms with van der Waals surface area (Å²) in [4.78, 5) is 29.7. The molecular formula is C17H21O6P. The molecule has 0 atom stereocenters. The number of benzene rings is 1. The largest absolute Gasteiger partial charge is 0.496 e. The second-order valence-corrected chi connectivity index (χ2v) is 7.22. The van der Waals surface area contributed by atoms with Gasteiger partial charge in [0.1, 0.15) is 12.4 Å². The first-order valence-corrected chi connectivity index (χ1v) is 9.11. The molecule has 2 rings (SSSR count). The number of ether oxygens (including phenoxy) is 2. The highest BCUT2D eigenvalue weighted by molar-refractivity contribution is 7.55. The molecule has 0 unspecified atom stereocenters. The van der Waals surface area contributed by atoms with Crippen LogP contribution in [0.25, 0.3) is 0 Å². The minimum atomic E-state index is -4.17. The van der Waals surface area contributed by atoms with Crippen LogP contribution in [-0.2, 0) is 22.3 Å². The van der Waals surface area contributed by atoms with Gasteiger partial charge >= 0.3 is 13.6 Å². The van der Waals surface area contributed by atoms with Crippen LogP contribution >= 0.6 is 7.60 Å². The molecule has 1 aliphatic heterocycles. The molecule has 0 fully saturated rings. The summed E-state index contributed by atoms with van der Waals surface area (Å²) in [6.45, 7) is 5.77. The molecule has 0 spiro atoms. The molecule has 0 aromatic heterocycles. The van der Waals surface area contributed by atoms with E-state index in [0.29, 0.717) is 23.3 Å². The fraction of sp³-hybridized carbons (Fsp3) is 0.353. The average Bonchev–Trinajstić information content (AvgIpc) is 2.89. The molecular weight excluding hydrogens is 331 g/mol. The molecule has 0 amide bonds. The van der Waals surface area contributed by atoms with Crippen LogP contribution < -0.4 is 4.74 Å². The van der Waals surface area contributed by atoms with Crippen LogP contribution in [0.1, 0.15) is 39.5 Å². The molecule has 0 bridgehead atoms. The Morgan fingerprint density at radius 2 is 2.00 bits per heavy atom. The van der Waals surface area contributed by atoms with Gasteiger partial charge in [0.15, 0.2) is 0 Å². The zero-order valence-corrected chi connectivity index (χ0v) is 15.0. The van der Waals surface area contributed by atoms with E-state index in [2.05, 4.69) is 0 Å². The number of rotatable bonds is 5. The molecule has 0 radical (unpaired) electrons. The van der Waals surface area contributed by atoms with Crippen LogP contribution in [-0.4, -0.2) is 22.9 Å². The van der Waals surface area contributed by atoms with Crippen molar-refractivity contribution in [2.24, 2.45) is 0 Å². The molecule has 0 saturated carbocycles. The van der Waals surface area contributed by atoms with Gasteiger partial charge in [-0.05, 0) is 38.3 Å². The lowest BCUT2D eigenvalue weighted by Gasteiger charge is -2.16. The molecule has 1 aromatic carbocycles. The highest BCUT2D eigenvalue weighted by Crippen LogP contribution is 2.38. The summed E-state index contributed by atoms with van der Waals surface area (Å²) in [5.41, 5.74) is 4.74. The van der Waals surface area contributed by atoms with Gasteiger partial charge in [0, 0.05) is 16.9 Å². The summed E-state index contributed by atoms with van der Waals surface area (Å²) in [5, 5.41) is 0. The molecule has 0 aliphatic carbocycles. The SMILES string of the molecule is COc1c(C)c2c(c(C)c1CC=C(C)C=CP(=O)(O)O)C(=O)OC2. The minimum absolute atomic E-state index is 0.261. The second kappa shape index (κ2) is 6.93. The van der Waals surface area contributed by atoms with Crippen LogP contribution in [0.4, 0.5) is 0 Å². The van der Waals surface area contributed by atoms with Gasteiger partial charge in [-0.3, -0.25) is 4.57 Å². The molecule has 1 heterocycles. The molecule has 1 aliphatic rings. The third-order valence-electron chi connectivity index (χ3n) is 4.11. The Morgan fingerprint density at radius 3 is 2.58 bits per heavy atom. The van der Waals surface area contributed by atoms with E-state index in [1.165, 1.54) is 6.08 Å². The number of fused-ring (bicyclic) bond motifs is 1. The first-order valence-electron chi connectivity index (χ1n) is 7.43. The van der Waals surface area contributed by atoms with Gasteiger partial charge in [-0.15, -0.1) is 0 Å². The Morgan fingerprint density at radius 1 is 1.33 bits per heavy atom. The van der Waals surface area contributed by atoms with Crippen LogP contribution in [0.5, 0.6) is 5.75 Å². The lowest BCUT2D eigenvalue weighted by Crippen LogP contribution is -2.06. The summed E-state index contributed by atoms with van der Waals surface area (Å²) in [7, 11) is -2.59. The van der Waals surface area contributed by atoms with Crippen LogP contribution in [0.2, 0.25) is 0 Å². The molecule has 6 nitrogen and oxygen atoms in total. The van der Waals surface area contributed by atoms with E-state index in [1.54, 1.807) is 14.0 Å². The third kappa shape index (κ3) is 3.78. The molecule has 7 heteroatoms. The van der Waals surface area contributed by atoms with Crippen LogP contribution in [0.15, 0.2) is 23.5 Å². The van der Waals surface area contributed by atoms with E-state index in [9.17, 15) is 9.36 Å². The molecule has 1 aromatic rings. The van der Waals surface area contributed by atoms with Crippen molar-refractivity contribution in [2.75, 3.05) is 7.11 Å². The maximum atomic E-state index is 12.0. The van der Waals surface area contributed by atoms with E-state index in [4.69, 9.17) is 19.3 Å². The molecule has 0 saturated heterocycles. The summed E-state index contributed by atoms with van der Waals surface area (Å²) in [5.74, 6) is 1.26. The summed E-state index contributed by atoms with van der Waals surface area (Å²) < 4.78 is 21.5. The van der Waals surface area contributed by atoms with Gasteiger partial charge in [-0.25, -0.2) is 4.79 Å². The van der Waals surface area contributed by atoms with E-state index in [0.717, 1.165) is 28.1 Å². The zero-order chi connectivity index (χ0) is 18.1.